The fraction of sp³-hybridized carbons (Fsp3) is 0.750. The predicted octanol–water partition coefficient (Wildman–Crippen LogP) is -2.34. The van der Waals surface area contributed by atoms with E-state index >= 15 is 0 Å². The van der Waals surface area contributed by atoms with Crippen LogP contribution in [0.25, 0.3) is 0 Å². The number of nitrogens with one attached hydrogen (secondary N) is 4. The molecule has 0 rings (SSSR count). The molecule has 6 nitrogen and oxygen atoms in total. The maximum Gasteiger partial charge on any atom is 0.234 e. The molecular weight excluding hydrogens is 184 g/mol. The molecule has 0 aliphatic carbocycles. The standard InChI is InChI=1S/C8H18N4O2/c1-9-5-7(13)11-3-4-12-8(14)6-10-2/h9-10H,3-6H2,1-2H3,(H,11,13)(H,12,14). The Morgan fingerprint density at radius 2 is 1.21 bits per heavy atom. The van der Waals surface area contributed by atoms with Crippen molar-refractivity contribution in [2.24, 2.45) is 0 Å². The lowest BCUT2D eigenvalue weighted by Gasteiger charge is -2.06. The first-order valence-corrected chi connectivity index (χ1v) is 4.53. The molecule has 0 fully saturated rings. The second-order valence-electron chi connectivity index (χ2n) is 2.76. The summed E-state index contributed by atoms with van der Waals surface area (Å²) in [5, 5.41) is 10.7. The van der Waals surface area contributed by atoms with Gasteiger partial charge in [0.05, 0.1) is 13.1 Å². The summed E-state index contributed by atoms with van der Waals surface area (Å²) < 4.78 is 0. The van der Waals surface area contributed by atoms with Crippen LogP contribution >= 0.6 is 0 Å². The zero-order valence-corrected chi connectivity index (χ0v) is 8.64. The Labute approximate surface area is 83.8 Å². The number of hydrogen-bond donors (Lipinski definition) is 4. The van der Waals surface area contributed by atoms with Gasteiger partial charge in [-0.05, 0) is 14.1 Å². The smallest absolute Gasteiger partial charge is 0.234 e. The largest absolute Gasteiger partial charge is 0.353 e. The Balaban J connectivity index is 3.28. The minimum Gasteiger partial charge on any atom is -0.353 e. The van der Waals surface area contributed by atoms with Gasteiger partial charge in [0.1, 0.15) is 0 Å². The van der Waals surface area contributed by atoms with Gasteiger partial charge in [-0.3, -0.25) is 9.59 Å². The maximum absolute atomic E-state index is 10.9. The molecule has 0 aromatic carbocycles. The monoisotopic (exact) mass is 202 g/mol. The van der Waals surface area contributed by atoms with Crippen LogP contribution in [0.2, 0.25) is 0 Å². The number of amides is 2. The van der Waals surface area contributed by atoms with Crippen LogP contribution in [-0.2, 0) is 9.59 Å². The minimum absolute atomic E-state index is 0.0737. The minimum atomic E-state index is -0.0737. The van der Waals surface area contributed by atoms with Gasteiger partial charge in [0.2, 0.25) is 11.8 Å². The lowest BCUT2D eigenvalue weighted by atomic mass is 10.5. The van der Waals surface area contributed by atoms with Gasteiger partial charge in [0, 0.05) is 13.1 Å². The van der Waals surface area contributed by atoms with E-state index in [4.69, 9.17) is 0 Å². The molecule has 0 aliphatic heterocycles. The van der Waals surface area contributed by atoms with E-state index in [2.05, 4.69) is 21.3 Å². The van der Waals surface area contributed by atoms with Gasteiger partial charge in [0.25, 0.3) is 0 Å². The molecule has 0 heterocycles. The molecule has 14 heavy (non-hydrogen) atoms. The van der Waals surface area contributed by atoms with Crippen LogP contribution in [0.4, 0.5) is 0 Å². The number of hydrogen-bond acceptors (Lipinski definition) is 4. The summed E-state index contributed by atoms with van der Waals surface area (Å²) in [6, 6.07) is 0. The molecule has 0 saturated carbocycles. The van der Waals surface area contributed by atoms with E-state index < -0.39 is 0 Å². The average molecular weight is 202 g/mol. The van der Waals surface area contributed by atoms with Crippen LogP contribution < -0.4 is 21.3 Å². The topological polar surface area (TPSA) is 82.3 Å². The van der Waals surface area contributed by atoms with E-state index in [1.54, 1.807) is 14.1 Å². The first-order valence-electron chi connectivity index (χ1n) is 4.53. The van der Waals surface area contributed by atoms with Crippen LogP contribution in [-0.4, -0.2) is 52.1 Å². The van der Waals surface area contributed by atoms with E-state index in [0.717, 1.165) is 0 Å². The first-order chi connectivity index (χ1) is 6.70. The maximum atomic E-state index is 10.9. The van der Waals surface area contributed by atoms with Crippen LogP contribution in [0.3, 0.4) is 0 Å². The van der Waals surface area contributed by atoms with Crippen LogP contribution in [0.5, 0.6) is 0 Å². The van der Waals surface area contributed by atoms with Crippen molar-refractivity contribution in [3.63, 3.8) is 0 Å². The first kappa shape index (κ1) is 12.9. The molecule has 0 aliphatic rings. The highest BCUT2D eigenvalue weighted by molar-refractivity contribution is 5.79. The molecule has 0 radical (unpaired) electrons. The van der Waals surface area contributed by atoms with Gasteiger partial charge in [-0.15, -0.1) is 0 Å². The highest BCUT2D eigenvalue weighted by atomic mass is 16.2. The molecule has 2 amide bonds. The molecule has 0 atom stereocenters. The molecule has 0 spiro atoms. The van der Waals surface area contributed by atoms with Crippen molar-refractivity contribution in [3.05, 3.63) is 0 Å². The van der Waals surface area contributed by atoms with Crippen LogP contribution in [0, 0.1) is 0 Å². The predicted molar refractivity (Wildman–Crippen MR) is 53.9 cm³/mol. The Hall–Kier alpha value is -1.14. The Morgan fingerprint density at radius 1 is 0.857 bits per heavy atom. The molecule has 0 aromatic heterocycles. The van der Waals surface area contributed by atoms with Gasteiger partial charge < -0.3 is 21.3 Å². The normalized spacial score (nSPS) is 9.57. The summed E-state index contributed by atoms with van der Waals surface area (Å²) >= 11 is 0. The SMILES string of the molecule is CNCC(=O)NCCNC(=O)CNC. The molecular formula is C8H18N4O2. The third kappa shape index (κ3) is 7.51. The van der Waals surface area contributed by atoms with Crippen molar-refractivity contribution in [1.29, 1.82) is 0 Å². The summed E-state index contributed by atoms with van der Waals surface area (Å²) in [7, 11) is 3.41. The number of carbonyl (C=O) groups excluding carboxylic acids is 2. The lowest BCUT2D eigenvalue weighted by Crippen LogP contribution is -2.40. The highest BCUT2D eigenvalue weighted by Crippen LogP contribution is 1.65. The van der Waals surface area contributed by atoms with Gasteiger partial charge >= 0.3 is 0 Å². The molecule has 0 saturated heterocycles. The van der Waals surface area contributed by atoms with E-state index in [-0.39, 0.29) is 11.8 Å². The van der Waals surface area contributed by atoms with Crippen LogP contribution in [0.1, 0.15) is 0 Å². The Morgan fingerprint density at radius 3 is 1.50 bits per heavy atom. The fourth-order valence-electron chi connectivity index (χ4n) is 0.850. The molecule has 4 N–H and O–H groups in total. The van der Waals surface area contributed by atoms with Crippen molar-refractivity contribution in [2.45, 2.75) is 0 Å². The zero-order valence-electron chi connectivity index (χ0n) is 8.64. The van der Waals surface area contributed by atoms with E-state index in [1.165, 1.54) is 0 Å². The van der Waals surface area contributed by atoms with E-state index in [0.29, 0.717) is 26.2 Å². The Kier molecular flexibility index (Phi) is 7.77. The molecule has 82 valence electrons. The summed E-state index contributed by atoms with van der Waals surface area (Å²) in [6.45, 7) is 1.50. The van der Waals surface area contributed by atoms with Crippen molar-refractivity contribution >= 4 is 11.8 Å². The van der Waals surface area contributed by atoms with Crippen LogP contribution in [0.15, 0.2) is 0 Å². The lowest BCUT2D eigenvalue weighted by molar-refractivity contribution is -0.121. The Bertz CT molecular complexity index is 164. The quantitative estimate of drug-likeness (QED) is 0.349. The third-order valence-electron chi connectivity index (χ3n) is 1.44. The van der Waals surface area contributed by atoms with Gasteiger partial charge in [0.15, 0.2) is 0 Å². The molecule has 0 unspecified atom stereocenters. The van der Waals surface area contributed by atoms with Crippen molar-refractivity contribution in [2.75, 3.05) is 40.3 Å². The van der Waals surface area contributed by atoms with E-state index in [1.807, 2.05) is 0 Å². The fourth-order valence-corrected chi connectivity index (χ4v) is 0.850. The number of carbonyl (C=O) groups is 2. The molecule has 6 heteroatoms. The summed E-state index contributed by atoms with van der Waals surface area (Å²) in [5.74, 6) is -0.147. The second kappa shape index (κ2) is 8.46. The second-order valence-corrected chi connectivity index (χ2v) is 2.76. The highest BCUT2D eigenvalue weighted by Gasteiger charge is 1.99. The van der Waals surface area contributed by atoms with Crippen molar-refractivity contribution < 1.29 is 9.59 Å². The summed E-state index contributed by atoms with van der Waals surface area (Å²) in [5.41, 5.74) is 0. The number of likely N-dealkylation sites (N-methyl/N-ethyl adjacent to an activating group) is 2. The van der Waals surface area contributed by atoms with Gasteiger partial charge in [-0.25, -0.2) is 0 Å². The summed E-state index contributed by atoms with van der Waals surface area (Å²) in [4.78, 5) is 21.8. The van der Waals surface area contributed by atoms with Crippen molar-refractivity contribution in [3.8, 4) is 0 Å². The van der Waals surface area contributed by atoms with E-state index in [9.17, 15) is 9.59 Å². The summed E-state index contributed by atoms with van der Waals surface area (Å²) in [6.07, 6.45) is 0. The van der Waals surface area contributed by atoms with Gasteiger partial charge in [-0.1, -0.05) is 0 Å². The molecule has 0 bridgehead atoms. The van der Waals surface area contributed by atoms with Gasteiger partial charge in [-0.2, -0.15) is 0 Å². The van der Waals surface area contributed by atoms with Crippen molar-refractivity contribution in [1.82, 2.24) is 21.3 Å². The third-order valence-corrected chi connectivity index (χ3v) is 1.44. The zero-order chi connectivity index (χ0) is 10.8. The average Bonchev–Trinajstić information content (AvgIpc) is 2.13. The molecule has 0 aromatic rings. The number of rotatable bonds is 7.